The number of fused-ring (bicyclic) bond motifs is 1. The third-order valence-corrected chi connectivity index (χ3v) is 2.56. The molecule has 2 aromatic rings. The number of benzene rings is 1. The molecule has 1 aromatic carbocycles. The molecule has 0 saturated heterocycles. The second-order valence-electron chi connectivity index (χ2n) is 3.57. The Kier molecular flexibility index (Phi) is 3.97. The number of H-pyrrole nitrogens is 1. The summed E-state index contributed by atoms with van der Waals surface area (Å²) in [5, 5.41) is 1.54. The molecule has 3 nitrogen and oxygen atoms in total. The van der Waals surface area contributed by atoms with Gasteiger partial charge in [-0.2, -0.15) is 0 Å². The highest BCUT2D eigenvalue weighted by atomic mass is 35.5. The standard InChI is InChI=1S/C11H11ClN2O.ClH/c1-6(13)9-5-7-4-8(12)2-3-10(7)14-11(9)15;/h2-6H,13H2,1H3,(H,14,15);1H/t6-;/m1./s1. The van der Waals surface area contributed by atoms with Crippen LogP contribution >= 0.6 is 24.0 Å². The van der Waals surface area contributed by atoms with Crippen LogP contribution in [0.15, 0.2) is 29.1 Å². The second-order valence-corrected chi connectivity index (χ2v) is 4.01. The first kappa shape index (κ1) is 13.0. The quantitative estimate of drug-likeness (QED) is 0.827. The molecule has 0 aliphatic heterocycles. The van der Waals surface area contributed by atoms with Gasteiger partial charge >= 0.3 is 0 Å². The summed E-state index contributed by atoms with van der Waals surface area (Å²) in [5.74, 6) is 0. The van der Waals surface area contributed by atoms with Gasteiger partial charge < -0.3 is 10.7 Å². The van der Waals surface area contributed by atoms with Crippen molar-refractivity contribution in [2.75, 3.05) is 0 Å². The zero-order chi connectivity index (χ0) is 11.0. The minimum Gasteiger partial charge on any atom is -0.324 e. The molecular formula is C11H12Cl2N2O. The number of aromatic amines is 1. The molecule has 86 valence electrons. The van der Waals surface area contributed by atoms with Gasteiger partial charge in [-0.1, -0.05) is 11.6 Å². The average Bonchev–Trinajstić information content (AvgIpc) is 2.17. The van der Waals surface area contributed by atoms with E-state index in [1.807, 2.05) is 0 Å². The lowest BCUT2D eigenvalue weighted by molar-refractivity contribution is 0.804. The van der Waals surface area contributed by atoms with Crippen LogP contribution in [0.5, 0.6) is 0 Å². The Balaban J connectivity index is 0.00000128. The number of rotatable bonds is 1. The van der Waals surface area contributed by atoms with Crippen LogP contribution in [0, 0.1) is 0 Å². The summed E-state index contributed by atoms with van der Waals surface area (Å²) >= 11 is 5.87. The van der Waals surface area contributed by atoms with Gasteiger partial charge in [-0.05, 0) is 31.2 Å². The number of halogens is 2. The third kappa shape index (κ3) is 2.38. The lowest BCUT2D eigenvalue weighted by atomic mass is 10.1. The van der Waals surface area contributed by atoms with Crippen LogP contribution in [0.4, 0.5) is 0 Å². The summed E-state index contributed by atoms with van der Waals surface area (Å²) in [4.78, 5) is 14.4. The van der Waals surface area contributed by atoms with Crippen molar-refractivity contribution in [3.05, 3.63) is 45.2 Å². The van der Waals surface area contributed by atoms with E-state index in [-0.39, 0.29) is 24.0 Å². The number of nitrogens with two attached hydrogens (primary N) is 1. The summed E-state index contributed by atoms with van der Waals surface area (Å²) in [5.41, 5.74) is 6.90. The zero-order valence-corrected chi connectivity index (χ0v) is 10.2. The second kappa shape index (κ2) is 4.87. The molecule has 1 aromatic heterocycles. The maximum absolute atomic E-state index is 11.6. The average molecular weight is 259 g/mol. The number of aromatic nitrogens is 1. The molecule has 0 amide bonds. The molecule has 16 heavy (non-hydrogen) atoms. The lowest BCUT2D eigenvalue weighted by Gasteiger charge is -2.06. The maximum Gasteiger partial charge on any atom is 0.253 e. The highest BCUT2D eigenvalue weighted by Gasteiger charge is 2.06. The fourth-order valence-electron chi connectivity index (χ4n) is 1.53. The molecule has 0 fully saturated rings. The van der Waals surface area contributed by atoms with Gasteiger partial charge in [0.1, 0.15) is 0 Å². The van der Waals surface area contributed by atoms with Crippen LogP contribution in [0.3, 0.4) is 0 Å². The molecule has 5 heteroatoms. The van der Waals surface area contributed by atoms with Crippen molar-refractivity contribution in [2.24, 2.45) is 5.73 Å². The van der Waals surface area contributed by atoms with Crippen LogP contribution in [0.1, 0.15) is 18.5 Å². The topological polar surface area (TPSA) is 58.9 Å². The predicted molar refractivity (Wildman–Crippen MR) is 69.4 cm³/mol. The van der Waals surface area contributed by atoms with Crippen molar-refractivity contribution >= 4 is 34.9 Å². The molecule has 0 saturated carbocycles. The number of hydrogen-bond donors (Lipinski definition) is 2. The van der Waals surface area contributed by atoms with Crippen molar-refractivity contribution in [2.45, 2.75) is 13.0 Å². The number of nitrogens with one attached hydrogen (secondary N) is 1. The van der Waals surface area contributed by atoms with Crippen LogP contribution in [0.2, 0.25) is 5.02 Å². The molecule has 0 bridgehead atoms. The van der Waals surface area contributed by atoms with E-state index >= 15 is 0 Å². The first-order valence-corrected chi connectivity index (χ1v) is 5.04. The minimum absolute atomic E-state index is 0. The Morgan fingerprint density at radius 2 is 2.06 bits per heavy atom. The van der Waals surface area contributed by atoms with Crippen molar-refractivity contribution in [1.29, 1.82) is 0 Å². The molecule has 0 spiro atoms. The Hall–Kier alpha value is -1.03. The predicted octanol–water partition coefficient (Wildman–Crippen LogP) is 2.62. The summed E-state index contributed by atoms with van der Waals surface area (Å²) in [6, 6.07) is 6.83. The van der Waals surface area contributed by atoms with Gasteiger partial charge in [-0.25, -0.2) is 0 Å². The molecule has 0 aliphatic carbocycles. The van der Waals surface area contributed by atoms with Gasteiger partial charge in [0.15, 0.2) is 0 Å². The Morgan fingerprint density at radius 1 is 1.38 bits per heavy atom. The Bertz CT molecular complexity index is 563. The van der Waals surface area contributed by atoms with Gasteiger partial charge in [-0.3, -0.25) is 4.79 Å². The summed E-state index contributed by atoms with van der Waals surface area (Å²) < 4.78 is 0. The van der Waals surface area contributed by atoms with E-state index in [9.17, 15) is 4.79 Å². The van der Waals surface area contributed by atoms with Crippen LogP contribution < -0.4 is 11.3 Å². The van der Waals surface area contributed by atoms with Crippen molar-refractivity contribution in [1.82, 2.24) is 4.98 Å². The number of pyridine rings is 1. The SMILES string of the molecule is C[C@@H](N)c1cc2cc(Cl)ccc2[nH]c1=O.Cl. The van der Waals surface area contributed by atoms with E-state index in [0.29, 0.717) is 10.6 Å². The van der Waals surface area contributed by atoms with Gasteiger partial charge in [0.2, 0.25) is 0 Å². The summed E-state index contributed by atoms with van der Waals surface area (Å²) in [7, 11) is 0. The summed E-state index contributed by atoms with van der Waals surface area (Å²) in [6.45, 7) is 1.78. The van der Waals surface area contributed by atoms with Crippen molar-refractivity contribution in [3.63, 3.8) is 0 Å². The van der Waals surface area contributed by atoms with E-state index in [1.165, 1.54) is 0 Å². The van der Waals surface area contributed by atoms with E-state index in [1.54, 1.807) is 31.2 Å². The van der Waals surface area contributed by atoms with E-state index in [4.69, 9.17) is 17.3 Å². The van der Waals surface area contributed by atoms with Gasteiger partial charge in [0.05, 0.1) is 0 Å². The van der Waals surface area contributed by atoms with Crippen LogP contribution in [-0.4, -0.2) is 4.98 Å². The fraction of sp³-hybridized carbons (Fsp3) is 0.182. The molecule has 3 N–H and O–H groups in total. The first-order chi connectivity index (χ1) is 7.08. The van der Waals surface area contributed by atoms with Gasteiger partial charge in [0.25, 0.3) is 5.56 Å². The van der Waals surface area contributed by atoms with Crippen LogP contribution in [0.25, 0.3) is 10.9 Å². The van der Waals surface area contributed by atoms with E-state index in [2.05, 4.69) is 4.98 Å². The summed E-state index contributed by atoms with van der Waals surface area (Å²) in [6.07, 6.45) is 0. The van der Waals surface area contributed by atoms with Gasteiger partial charge in [0, 0.05) is 27.5 Å². The van der Waals surface area contributed by atoms with Crippen LogP contribution in [-0.2, 0) is 0 Å². The Labute approximate surface area is 104 Å². The van der Waals surface area contributed by atoms with Crippen molar-refractivity contribution < 1.29 is 0 Å². The van der Waals surface area contributed by atoms with Crippen molar-refractivity contribution in [3.8, 4) is 0 Å². The molecule has 0 aliphatic rings. The lowest BCUT2D eigenvalue weighted by Crippen LogP contribution is -2.19. The molecule has 1 heterocycles. The molecule has 0 unspecified atom stereocenters. The zero-order valence-electron chi connectivity index (χ0n) is 8.66. The van der Waals surface area contributed by atoms with E-state index in [0.717, 1.165) is 10.9 Å². The minimum atomic E-state index is -0.280. The number of hydrogen-bond acceptors (Lipinski definition) is 2. The third-order valence-electron chi connectivity index (χ3n) is 2.33. The molecule has 0 radical (unpaired) electrons. The van der Waals surface area contributed by atoms with E-state index < -0.39 is 0 Å². The first-order valence-electron chi connectivity index (χ1n) is 4.66. The van der Waals surface area contributed by atoms with Gasteiger partial charge in [-0.15, -0.1) is 12.4 Å². The normalized spacial score (nSPS) is 12.2. The maximum atomic E-state index is 11.6. The highest BCUT2D eigenvalue weighted by Crippen LogP contribution is 2.18. The monoisotopic (exact) mass is 258 g/mol. The fourth-order valence-corrected chi connectivity index (χ4v) is 1.71. The largest absolute Gasteiger partial charge is 0.324 e. The molecule has 1 atom stereocenters. The Morgan fingerprint density at radius 3 is 2.69 bits per heavy atom. The smallest absolute Gasteiger partial charge is 0.253 e. The highest BCUT2D eigenvalue weighted by molar-refractivity contribution is 6.31. The molecule has 2 rings (SSSR count). The molecular weight excluding hydrogens is 247 g/mol.